The van der Waals surface area contributed by atoms with Crippen LogP contribution >= 0.6 is 0 Å². The molecule has 1 aromatic heterocycles. The van der Waals surface area contributed by atoms with E-state index >= 15 is 0 Å². The van der Waals surface area contributed by atoms with Crippen LogP contribution in [0.5, 0.6) is 0 Å². The topological polar surface area (TPSA) is 58.4 Å². The minimum absolute atomic E-state index is 0.0750. The van der Waals surface area contributed by atoms with Crippen LogP contribution in [-0.4, -0.2) is 27.4 Å². The summed E-state index contributed by atoms with van der Waals surface area (Å²) in [4.78, 5) is 13.2. The maximum absolute atomic E-state index is 10.9. The van der Waals surface area contributed by atoms with E-state index in [0.29, 0.717) is 0 Å². The van der Waals surface area contributed by atoms with E-state index < -0.39 is 5.97 Å². The quantitative estimate of drug-likeness (QED) is 0.921. The molecule has 0 bridgehead atoms. The number of aryl methyl sites for hydroxylation is 2. The van der Waals surface area contributed by atoms with Gasteiger partial charge in [-0.05, 0) is 43.0 Å². The molecular formula is C17H21N3O2. The molecule has 1 aliphatic rings. The second-order valence-electron chi connectivity index (χ2n) is 5.72. The predicted molar refractivity (Wildman–Crippen MR) is 85.1 cm³/mol. The number of hydrogen-bond acceptors (Lipinski definition) is 3. The average molecular weight is 299 g/mol. The number of fused-ring (bicyclic) bond motifs is 1. The first-order valence-electron chi connectivity index (χ1n) is 7.76. The lowest BCUT2D eigenvalue weighted by molar-refractivity contribution is -0.136. The maximum Gasteiger partial charge on any atom is 0.307 e. The fourth-order valence-electron chi connectivity index (χ4n) is 3.00. The van der Waals surface area contributed by atoms with Crippen molar-refractivity contribution < 1.29 is 9.90 Å². The van der Waals surface area contributed by atoms with Gasteiger partial charge in [-0.15, -0.1) is 0 Å². The number of carboxylic acids is 1. The highest BCUT2D eigenvalue weighted by atomic mass is 16.4. The molecule has 0 atom stereocenters. The number of aliphatic carboxylic acids is 1. The molecule has 0 radical (unpaired) electrons. The van der Waals surface area contributed by atoms with Crippen LogP contribution in [-0.2, 0) is 30.7 Å². The predicted octanol–water partition coefficient (Wildman–Crippen LogP) is 2.48. The number of aromatic nitrogens is 2. The van der Waals surface area contributed by atoms with Crippen molar-refractivity contribution in [2.75, 3.05) is 11.4 Å². The number of anilines is 1. The average Bonchev–Trinajstić information content (AvgIpc) is 2.95. The Hall–Kier alpha value is -2.30. The molecule has 0 amide bonds. The second-order valence-corrected chi connectivity index (χ2v) is 5.72. The molecule has 0 aliphatic carbocycles. The zero-order valence-electron chi connectivity index (χ0n) is 12.8. The van der Waals surface area contributed by atoms with Crippen LogP contribution in [0.2, 0.25) is 0 Å². The Morgan fingerprint density at radius 2 is 2.23 bits per heavy atom. The number of carboxylic acid groups (broad SMARTS) is 1. The number of rotatable bonds is 5. The van der Waals surface area contributed by atoms with Crippen LogP contribution in [0.1, 0.15) is 30.2 Å². The van der Waals surface area contributed by atoms with Crippen LogP contribution in [0.4, 0.5) is 5.69 Å². The van der Waals surface area contributed by atoms with Gasteiger partial charge in [-0.25, -0.2) is 0 Å². The third-order valence-electron chi connectivity index (χ3n) is 4.09. The molecule has 0 saturated carbocycles. The van der Waals surface area contributed by atoms with E-state index in [1.54, 1.807) is 0 Å². The van der Waals surface area contributed by atoms with Gasteiger partial charge in [-0.3, -0.25) is 9.48 Å². The molecular weight excluding hydrogens is 278 g/mol. The summed E-state index contributed by atoms with van der Waals surface area (Å²) in [5.41, 5.74) is 4.38. The summed E-state index contributed by atoms with van der Waals surface area (Å²) in [6.07, 6.45) is 4.26. The van der Waals surface area contributed by atoms with E-state index in [0.717, 1.165) is 49.4 Å². The lowest BCUT2D eigenvalue weighted by Gasteiger charge is -2.31. The van der Waals surface area contributed by atoms with Gasteiger partial charge < -0.3 is 10.0 Å². The Morgan fingerprint density at radius 3 is 2.95 bits per heavy atom. The summed E-state index contributed by atoms with van der Waals surface area (Å²) in [6.45, 7) is 4.71. The minimum Gasteiger partial charge on any atom is -0.481 e. The molecule has 0 fully saturated rings. The minimum atomic E-state index is -0.788. The normalized spacial score (nSPS) is 14.0. The number of carbonyl (C=O) groups is 1. The van der Waals surface area contributed by atoms with Crippen LogP contribution in [0.3, 0.4) is 0 Å². The Balaban J connectivity index is 1.83. The molecule has 0 unspecified atom stereocenters. The summed E-state index contributed by atoms with van der Waals surface area (Å²) in [6, 6.07) is 8.09. The Bertz CT molecular complexity index is 678. The van der Waals surface area contributed by atoms with Crippen LogP contribution in [0.25, 0.3) is 0 Å². The Kier molecular flexibility index (Phi) is 4.13. The molecule has 0 spiro atoms. The molecule has 0 saturated heterocycles. The zero-order chi connectivity index (χ0) is 15.5. The first kappa shape index (κ1) is 14.6. The summed E-state index contributed by atoms with van der Waals surface area (Å²) in [5.74, 6) is -0.788. The van der Waals surface area contributed by atoms with Crippen molar-refractivity contribution in [2.24, 2.45) is 0 Å². The lowest BCUT2D eigenvalue weighted by Crippen LogP contribution is -2.29. The van der Waals surface area contributed by atoms with E-state index in [1.165, 1.54) is 5.56 Å². The largest absolute Gasteiger partial charge is 0.481 e. The van der Waals surface area contributed by atoms with Crippen molar-refractivity contribution in [1.82, 2.24) is 9.78 Å². The van der Waals surface area contributed by atoms with Crippen molar-refractivity contribution in [2.45, 2.75) is 39.3 Å². The molecule has 22 heavy (non-hydrogen) atoms. The summed E-state index contributed by atoms with van der Waals surface area (Å²) in [7, 11) is 0. The summed E-state index contributed by atoms with van der Waals surface area (Å²) in [5, 5.41) is 13.5. The molecule has 1 aliphatic heterocycles. The van der Waals surface area contributed by atoms with E-state index in [9.17, 15) is 4.79 Å². The number of hydrogen-bond donors (Lipinski definition) is 1. The zero-order valence-corrected chi connectivity index (χ0v) is 12.8. The van der Waals surface area contributed by atoms with Gasteiger partial charge in [-0.1, -0.05) is 12.1 Å². The van der Waals surface area contributed by atoms with Gasteiger partial charge in [0.2, 0.25) is 0 Å². The first-order chi connectivity index (χ1) is 10.7. The molecule has 2 aromatic rings. The molecule has 1 N–H and O–H groups in total. The smallest absolute Gasteiger partial charge is 0.307 e. The third-order valence-corrected chi connectivity index (χ3v) is 4.09. The van der Waals surface area contributed by atoms with Crippen molar-refractivity contribution >= 4 is 11.7 Å². The van der Waals surface area contributed by atoms with Gasteiger partial charge in [0.05, 0.1) is 18.7 Å². The highest BCUT2D eigenvalue weighted by molar-refractivity contribution is 5.71. The first-order valence-corrected chi connectivity index (χ1v) is 7.76. The second kappa shape index (κ2) is 6.22. The summed E-state index contributed by atoms with van der Waals surface area (Å²) < 4.78 is 1.93. The molecule has 5 heteroatoms. The van der Waals surface area contributed by atoms with Crippen LogP contribution in [0, 0.1) is 0 Å². The van der Waals surface area contributed by atoms with Crippen molar-refractivity contribution in [3.05, 3.63) is 47.3 Å². The van der Waals surface area contributed by atoms with Gasteiger partial charge in [-0.2, -0.15) is 5.10 Å². The number of nitrogens with zero attached hydrogens (tertiary/aromatic N) is 3. The maximum atomic E-state index is 10.9. The highest BCUT2D eigenvalue weighted by Crippen LogP contribution is 2.29. The molecule has 3 rings (SSSR count). The molecule has 116 valence electrons. The third kappa shape index (κ3) is 3.13. The van der Waals surface area contributed by atoms with E-state index in [4.69, 9.17) is 5.11 Å². The van der Waals surface area contributed by atoms with Gasteiger partial charge in [0.15, 0.2) is 0 Å². The summed E-state index contributed by atoms with van der Waals surface area (Å²) >= 11 is 0. The van der Waals surface area contributed by atoms with E-state index in [-0.39, 0.29) is 6.42 Å². The Labute approximate surface area is 130 Å². The fourth-order valence-corrected chi connectivity index (χ4v) is 3.00. The molecule has 5 nitrogen and oxygen atoms in total. The standard InChI is InChI=1S/C17H21N3O2/c1-2-20-9-7-15(18-20)12-19-8-3-4-14-6-5-13(10-16(14)19)11-17(21)22/h5-7,9-10H,2-4,8,11-12H2,1H3,(H,21,22). The van der Waals surface area contributed by atoms with Crippen LogP contribution in [0.15, 0.2) is 30.5 Å². The molecule has 1 aromatic carbocycles. The van der Waals surface area contributed by atoms with Gasteiger partial charge in [0.1, 0.15) is 0 Å². The lowest BCUT2D eigenvalue weighted by atomic mass is 9.98. The highest BCUT2D eigenvalue weighted by Gasteiger charge is 2.18. The fraction of sp³-hybridized carbons (Fsp3) is 0.412. The monoisotopic (exact) mass is 299 g/mol. The van der Waals surface area contributed by atoms with Crippen LogP contribution < -0.4 is 4.90 Å². The number of benzene rings is 1. The van der Waals surface area contributed by atoms with Gasteiger partial charge >= 0.3 is 5.97 Å². The van der Waals surface area contributed by atoms with Crippen molar-refractivity contribution in [3.63, 3.8) is 0 Å². The Morgan fingerprint density at radius 1 is 1.36 bits per heavy atom. The van der Waals surface area contributed by atoms with Gasteiger partial charge in [0.25, 0.3) is 0 Å². The van der Waals surface area contributed by atoms with E-state index in [2.05, 4.69) is 29.1 Å². The molecule has 2 heterocycles. The van der Waals surface area contributed by atoms with Gasteiger partial charge in [0, 0.05) is 25.0 Å². The van der Waals surface area contributed by atoms with E-state index in [1.807, 2.05) is 23.0 Å². The van der Waals surface area contributed by atoms with Crippen molar-refractivity contribution in [3.8, 4) is 0 Å². The van der Waals surface area contributed by atoms with Crippen molar-refractivity contribution in [1.29, 1.82) is 0 Å². The SMILES string of the molecule is CCn1ccc(CN2CCCc3ccc(CC(=O)O)cc32)n1.